The van der Waals surface area contributed by atoms with E-state index in [1.807, 2.05) is 0 Å². The molecule has 2 rings (SSSR count). The van der Waals surface area contributed by atoms with Gasteiger partial charge in [-0.15, -0.1) is 12.3 Å². The van der Waals surface area contributed by atoms with Crippen LogP contribution in [0.4, 0.5) is 0 Å². The van der Waals surface area contributed by atoms with Crippen LogP contribution < -0.4 is 0 Å². The maximum atomic E-state index is 10.5. The maximum absolute atomic E-state index is 10.5. The Labute approximate surface area is 92.7 Å². The largest absolute Gasteiger partial charge is 0.390 e. The number of nitrogens with zero attached hydrogens (tertiary/aromatic N) is 1. The third-order valence-electron chi connectivity index (χ3n) is 4.19. The van der Waals surface area contributed by atoms with Gasteiger partial charge in [0.2, 0.25) is 0 Å². The van der Waals surface area contributed by atoms with Crippen molar-refractivity contribution in [1.82, 2.24) is 4.90 Å². The summed E-state index contributed by atoms with van der Waals surface area (Å²) in [5.41, 5.74) is -0.478. The Morgan fingerprint density at radius 2 is 2.00 bits per heavy atom. The zero-order valence-corrected chi connectivity index (χ0v) is 9.58. The monoisotopic (exact) mass is 207 g/mol. The minimum Gasteiger partial charge on any atom is -0.390 e. The summed E-state index contributed by atoms with van der Waals surface area (Å²) >= 11 is 0. The molecule has 2 saturated heterocycles. The summed E-state index contributed by atoms with van der Waals surface area (Å²) in [5, 5.41) is 10.5. The van der Waals surface area contributed by atoms with Crippen molar-refractivity contribution in [3.05, 3.63) is 0 Å². The summed E-state index contributed by atoms with van der Waals surface area (Å²) < 4.78 is 0. The van der Waals surface area contributed by atoms with E-state index in [0.717, 1.165) is 19.3 Å². The normalized spacial score (nSPS) is 41.1. The van der Waals surface area contributed by atoms with Crippen molar-refractivity contribution >= 4 is 0 Å². The number of hydrogen-bond acceptors (Lipinski definition) is 2. The Balaban J connectivity index is 2.03. The van der Waals surface area contributed by atoms with Crippen molar-refractivity contribution in [2.75, 3.05) is 7.05 Å². The Bertz CT molecular complexity index is 254. The Kier molecular flexibility index (Phi) is 3.04. The minimum absolute atomic E-state index is 0.478. The molecule has 2 atom stereocenters. The summed E-state index contributed by atoms with van der Waals surface area (Å²) in [5.74, 6) is 2.64. The second kappa shape index (κ2) is 4.15. The molecule has 2 nitrogen and oxygen atoms in total. The first-order valence-electron chi connectivity index (χ1n) is 6.02. The first-order valence-corrected chi connectivity index (χ1v) is 6.02. The summed E-state index contributed by atoms with van der Waals surface area (Å²) in [6.45, 7) is 0. The fraction of sp³-hybridized carbons (Fsp3) is 0.846. The Hall–Kier alpha value is -0.520. The summed E-state index contributed by atoms with van der Waals surface area (Å²) in [7, 11) is 2.20. The van der Waals surface area contributed by atoms with E-state index in [4.69, 9.17) is 6.42 Å². The molecule has 2 bridgehead atoms. The van der Waals surface area contributed by atoms with E-state index in [2.05, 4.69) is 17.9 Å². The molecule has 2 aliphatic rings. The van der Waals surface area contributed by atoms with Gasteiger partial charge in [-0.3, -0.25) is 0 Å². The lowest BCUT2D eigenvalue weighted by Crippen LogP contribution is -2.56. The van der Waals surface area contributed by atoms with Crippen molar-refractivity contribution in [3.63, 3.8) is 0 Å². The van der Waals surface area contributed by atoms with Gasteiger partial charge in [-0.1, -0.05) is 6.42 Å². The van der Waals surface area contributed by atoms with Crippen LogP contribution >= 0.6 is 0 Å². The first-order chi connectivity index (χ1) is 7.14. The zero-order chi connectivity index (χ0) is 10.9. The van der Waals surface area contributed by atoms with Gasteiger partial charge >= 0.3 is 0 Å². The van der Waals surface area contributed by atoms with Gasteiger partial charge in [0.1, 0.15) is 0 Å². The Morgan fingerprint density at radius 1 is 1.40 bits per heavy atom. The average Bonchev–Trinajstić information content (AvgIpc) is 2.18. The van der Waals surface area contributed by atoms with Crippen molar-refractivity contribution in [3.8, 4) is 12.3 Å². The van der Waals surface area contributed by atoms with Crippen molar-refractivity contribution in [1.29, 1.82) is 0 Å². The highest BCUT2D eigenvalue weighted by atomic mass is 16.3. The smallest absolute Gasteiger partial charge is 0.0686 e. The van der Waals surface area contributed by atoms with E-state index in [-0.39, 0.29) is 0 Å². The molecule has 0 spiro atoms. The number of hydrogen-bond donors (Lipinski definition) is 1. The predicted molar refractivity (Wildman–Crippen MR) is 61.4 cm³/mol. The number of fused-ring (bicyclic) bond motifs is 2. The molecule has 1 N–H and O–H groups in total. The molecule has 2 aliphatic heterocycles. The quantitative estimate of drug-likeness (QED) is 0.698. The van der Waals surface area contributed by atoms with Gasteiger partial charge in [0, 0.05) is 18.5 Å². The molecule has 2 unspecified atom stereocenters. The van der Waals surface area contributed by atoms with Crippen molar-refractivity contribution < 1.29 is 5.11 Å². The third-order valence-corrected chi connectivity index (χ3v) is 4.19. The molecule has 2 heterocycles. The number of aliphatic hydroxyl groups is 1. The fourth-order valence-corrected chi connectivity index (χ4v) is 3.26. The van der Waals surface area contributed by atoms with Gasteiger partial charge in [0.15, 0.2) is 0 Å². The SMILES string of the molecule is C#CCCC1(O)CC2CCCC(C1)N2C. The van der Waals surface area contributed by atoms with Gasteiger partial charge in [0.25, 0.3) is 0 Å². The van der Waals surface area contributed by atoms with Crippen LogP contribution in [0.5, 0.6) is 0 Å². The molecule has 0 aliphatic carbocycles. The lowest BCUT2D eigenvalue weighted by molar-refractivity contribution is -0.0860. The molecule has 0 aromatic heterocycles. The second-order valence-electron chi connectivity index (χ2n) is 5.24. The van der Waals surface area contributed by atoms with Crippen LogP contribution in [0.1, 0.15) is 44.9 Å². The molecule has 0 aromatic rings. The number of rotatable bonds is 2. The first kappa shape index (κ1) is 11.0. The second-order valence-corrected chi connectivity index (χ2v) is 5.24. The highest BCUT2D eigenvalue weighted by Gasteiger charge is 2.43. The van der Waals surface area contributed by atoms with Crippen LogP contribution in [-0.4, -0.2) is 34.7 Å². The summed E-state index contributed by atoms with van der Waals surface area (Å²) in [6.07, 6.45) is 12.4. The van der Waals surface area contributed by atoms with E-state index in [1.165, 1.54) is 19.3 Å². The van der Waals surface area contributed by atoms with E-state index < -0.39 is 5.60 Å². The summed E-state index contributed by atoms with van der Waals surface area (Å²) in [4.78, 5) is 2.47. The van der Waals surface area contributed by atoms with Crippen LogP contribution in [0.25, 0.3) is 0 Å². The zero-order valence-electron chi connectivity index (χ0n) is 9.58. The molecule has 0 saturated carbocycles. The minimum atomic E-state index is -0.478. The Morgan fingerprint density at radius 3 is 2.53 bits per heavy atom. The van der Waals surface area contributed by atoms with Crippen LogP contribution in [0, 0.1) is 12.3 Å². The standard InChI is InChI=1S/C13H21NO/c1-3-4-8-13(15)9-11-6-5-7-12(10-13)14(11)2/h1,11-12,15H,4-10H2,2H3. The van der Waals surface area contributed by atoms with Gasteiger partial charge in [-0.25, -0.2) is 0 Å². The molecule has 2 heteroatoms. The van der Waals surface area contributed by atoms with E-state index in [0.29, 0.717) is 18.5 Å². The summed E-state index contributed by atoms with van der Waals surface area (Å²) in [6, 6.07) is 1.17. The highest BCUT2D eigenvalue weighted by molar-refractivity contribution is 5.00. The number of piperidine rings is 2. The maximum Gasteiger partial charge on any atom is 0.0686 e. The average molecular weight is 207 g/mol. The molecule has 0 radical (unpaired) electrons. The topological polar surface area (TPSA) is 23.5 Å². The van der Waals surface area contributed by atoms with E-state index in [1.54, 1.807) is 0 Å². The molecule has 84 valence electrons. The van der Waals surface area contributed by atoms with Crippen LogP contribution in [0.15, 0.2) is 0 Å². The lowest BCUT2D eigenvalue weighted by atomic mass is 9.74. The molecular formula is C13H21NO. The lowest BCUT2D eigenvalue weighted by Gasteiger charge is -2.50. The molecular weight excluding hydrogens is 186 g/mol. The van der Waals surface area contributed by atoms with Gasteiger partial charge in [0.05, 0.1) is 5.60 Å². The van der Waals surface area contributed by atoms with Crippen molar-refractivity contribution in [2.24, 2.45) is 0 Å². The van der Waals surface area contributed by atoms with E-state index >= 15 is 0 Å². The van der Waals surface area contributed by atoms with Crippen molar-refractivity contribution in [2.45, 2.75) is 62.6 Å². The molecule has 0 aromatic carbocycles. The van der Waals surface area contributed by atoms with Gasteiger partial charge < -0.3 is 10.0 Å². The van der Waals surface area contributed by atoms with Gasteiger partial charge in [-0.2, -0.15) is 0 Å². The molecule has 0 amide bonds. The van der Waals surface area contributed by atoms with Crippen LogP contribution in [0.3, 0.4) is 0 Å². The number of terminal acetylenes is 1. The van der Waals surface area contributed by atoms with Gasteiger partial charge in [-0.05, 0) is 39.2 Å². The van der Waals surface area contributed by atoms with Crippen LogP contribution in [0.2, 0.25) is 0 Å². The third kappa shape index (κ3) is 2.19. The molecule has 2 fully saturated rings. The predicted octanol–water partition coefficient (Wildman–Crippen LogP) is 1.78. The highest BCUT2D eigenvalue weighted by Crippen LogP contribution is 2.40. The fourth-order valence-electron chi connectivity index (χ4n) is 3.26. The van der Waals surface area contributed by atoms with Crippen LogP contribution in [-0.2, 0) is 0 Å². The van der Waals surface area contributed by atoms with E-state index in [9.17, 15) is 5.11 Å². The molecule has 15 heavy (non-hydrogen) atoms.